The summed E-state index contributed by atoms with van der Waals surface area (Å²) in [4.78, 5) is 14.0. The Kier molecular flexibility index (Phi) is 8.03. The van der Waals surface area contributed by atoms with Crippen LogP contribution in [-0.4, -0.2) is 35.7 Å². The van der Waals surface area contributed by atoms with Crippen LogP contribution < -0.4 is 19.5 Å². The summed E-state index contributed by atoms with van der Waals surface area (Å²) in [5, 5.41) is 2.83. The Balaban J connectivity index is 1.71. The van der Waals surface area contributed by atoms with Gasteiger partial charge in [-0.3, -0.25) is 4.79 Å². The first-order valence-corrected chi connectivity index (χ1v) is 14.5. The smallest absolute Gasteiger partial charge is 0.262 e. The van der Waals surface area contributed by atoms with Gasteiger partial charge in [-0.25, -0.2) is 8.42 Å². The van der Waals surface area contributed by atoms with Crippen molar-refractivity contribution in [2.24, 2.45) is 0 Å². The first-order valence-electron chi connectivity index (χ1n) is 10.5. The highest BCUT2D eigenvalue weighted by Crippen LogP contribution is 2.43. The van der Waals surface area contributed by atoms with Gasteiger partial charge in [0.15, 0.2) is 9.84 Å². The van der Waals surface area contributed by atoms with Crippen LogP contribution in [0.15, 0.2) is 72.2 Å². The number of ether oxygens (including phenoxy) is 3. The molecule has 0 bridgehead atoms. The molecule has 3 aromatic rings. The highest BCUT2D eigenvalue weighted by molar-refractivity contribution is 9.11. The molecule has 1 N–H and O–H groups in total. The van der Waals surface area contributed by atoms with E-state index in [2.05, 4.69) is 37.2 Å². The fourth-order valence-electron chi connectivity index (χ4n) is 3.58. The summed E-state index contributed by atoms with van der Waals surface area (Å²) in [6.45, 7) is 0. The van der Waals surface area contributed by atoms with Crippen LogP contribution in [-0.2, 0) is 20.4 Å². The number of rotatable bonds is 7. The number of methoxy groups -OCH3 is 3. The molecule has 0 spiro atoms. The highest BCUT2D eigenvalue weighted by atomic mass is 79.9. The number of halogens is 2. The van der Waals surface area contributed by atoms with E-state index in [0.717, 1.165) is 0 Å². The second-order valence-corrected chi connectivity index (χ2v) is 12.4. The Morgan fingerprint density at radius 2 is 1.58 bits per heavy atom. The van der Waals surface area contributed by atoms with Crippen LogP contribution in [0.3, 0.4) is 0 Å². The summed E-state index contributed by atoms with van der Waals surface area (Å²) in [5.41, 5.74) is 1.73. The number of anilines is 1. The minimum Gasteiger partial charge on any atom is -0.496 e. The number of hydrogen-bond donors (Lipinski definition) is 1. The predicted octanol–water partition coefficient (Wildman–Crippen LogP) is 6.30. The molecule has 1 amide bonds. The molecule has 0 saturated heterocycles. The third kappa shape index (κ3) is 5.44. The summed E-state index contributed by atoms with van der Waals surface area (Å²) in [6.07, 6.45) is 1.65. The Morgan fingerprint density at radius 3 is 2.17 bits per heavy atom. The van der Waals surface area contributed by atoms with E-state index in [0.29, 0.717) is 52.8 Å². The molecule has 0 fully saturated rings. The number of nitrogens with one attached hydrogen (secondary N) is 1. The molecule has 1 aliphatic rings. The number of amides is 1. The largest absolute Gasteiger partial charge is 0.496 e. The van der Waals surface area contributed by atoms with Gasteiger partial charge in [-0.15, -0.1) is 0 Å². The van der Waals surface area contributed by atoms with Crippen LogP contribution in [0.5, 0.6) is 17.2 Å². The van der Waals surface area contributed by atoms with Crippen LogP contribution in [0.4, 0.5) is 5.69 Å². The highest BCUT2D eigenvalue weighted by Gasteiger charge is 2.26. The molecule has 0 unspecified atom stereocenters. The van der Waals surface area contributed by atoms with Crippen molar-refractivity contribution in [2.75, 3.05) is 26.6 Å². The number of sulfone groups is 1. The van der Waals surface area contributed by atoms with E-state index >= 15 is 0 Å². The molecule has 188 valence electrons. The maximum absolute atomic E-state index is 13.3. The maximum atomic E-state index is 13.3. The maximum Gasteiger partial charge on any atom is 0.262 e. The summed E-state index contributed by atoms with van der Waals surface area (Å²) in [7, 11) is 0.894. The number of benzene rings is 3. The van der Waals surface area contributed by atoms with Gasteiger partial charge in [-0.05, 0) is 42.0 Å². The third-order valence-corrected chi connectivity index (χ3v) is 9.64. The number of thioether (sulfide) groups is 1. The lowest BCUT2D eigenvalue weighted by Crippen LogP contribution is -2.18. The fraction of sp³-hybridized carbons (Fsp3) is 0.160. The molecule has 11 heteroatoms. The van der Waals surface area contributed by atoms with E-state index in [1.807, 2.05) is 6.07 Å². The van der Waals surface area contributed by atoms with Crippen molar-refractivity contribution >= 4 is 71.1 Å². The van der Waals surface area contributed by atoms with Crippen molar-refractivity contribution < 1.29 is 27.4 Å². The van der Waals surface area contributed by atoms with Gasteiger partial charge in [0.25, 0.3) is 5.91 Å². The second kappa shape index (κ2) is 10.9. The molecule has 36 heavy (non-hydrogen) atoms. The number of fused-ring (bicyclic) bond motifs is 1. The normalized spacial score (nSPS) is 14.2. The Bertz CT molecular complexity index is 1440. The molecule has 0 aromatic heterocycles. The monoisotopic (exact) mass is 653 g/mol. The van der Waals surface area contributed by atoms with Crippen molar-refractivity contribution in [3.05, 3.63) is 73.5 Å². The Labute approximate surface area is 230 Å². The van der Waals surface area contributed by atoms with Crippen LogP contribution in [0.25, 0.3) is 6.08 Å². The van der Waals surface area contributed by atoms with Gasteiger partial charge in [0.1, 0.15) is 17.2 Å². The topological polar surface area (TPSA) is 90.9 Å². The van der Waals surface area contributed by atoms with Crippen LogP contribution >= 0.6 is 43.6 Å². The van der Waals surface area contributed by atoms with Crippen LogP contribution in [0.1, 0.15) is 11.1 Å². The van der Waals surface area contributed by atoms with Crippen LogP contribution in [0, 0.1) is 0 Å². The third-order valence-electron chi connectivity index (χ3n) is 5.43. The van der Waals surface area contributed by atoms with Gasteiger partial charge in [0.2, 0.25) is 0 Å². The van der Waals surface area contributed by atoms with E-state index in [4.69, 9.17) is 14.2 Å². The first kappa shape index (κ1) is 26.6. The number of hydrogen-bond acceptors (Lipinski definition) is 7. The molecule has 0 saturated carbocycles. The molecular formula is C25H21Br2NO6S2. The van der Waals surface area contributed by atoms with Crippen molar-refractivity contribution in [1.82, 2.24) is 0 Å². The predicted molar refractivity (Wildman–Crippen MR) is 148 cm³/mol. The summed E-state index contributed by atoms with van der Waals surface area (Å²) in [5.74, 6) is 0.971. The van der Waals surface area contributed by atoms with Crippen molar-refractivity contribution in [2.45, 2.75) is 15.5 Å². The summed E-state index contributed by atoms with van der Waals surface area (Å²) in [6, 6.07) is 13.5. The van der Waals surface area contributed by atoms with Gasteiger partial charge in [-0.2, -0.15) is 0 Å². The first-order chi connectivity index (χ1) is 17.2. The minimum atomic E-state index is -3.67. The lowest BCUT2D eigenvalue weighted by Gasteiger charge is -2.20. The molecule has 1 heterocycles. The zero-order chi connectivity index (χ0) is 26.0. The van der Waals surface area contributed by atoms with Crippen molar-refractivity contribution in [3.63, 3.8) is 0 Å². The number of carbonyl (C=O) groups is 1. The second-order valence-electron chi connectivity index (χ2n) is 7.63. The summed E-state index contributed by atoms with van der Waals surface area (Å²) < 4.78 is 44.2. The quantitative estimate of drug-likeness (QED) is 0.299. The average Bonchev–Trinajstić information content (AvgIpc) is 2.86. The zero-order valence-corrected chi connectivity index (χ0v) is 24.2. The van der Waals surface area contributed by atoms with E-state index in [1.165, 1.54) is 39.2 Å². The van der Waals surface area contributed by atoms with Gasteiger partial charge in [0, 0.05) is 26.0 Å². The standard InChI is InChI=1S/C25H21Br2NO6S2/c1-32-14-9-21(33-2)16(22(10-14)34-3)12-24-25(29)28-20-8-7-15(11-23(20)35-24)36(30,31)13-17-18(26)5-4-6-19(17)27/h4-12H,13H2,1-3H3,(H,28,29)/b24-12-. The van der Waals surface area contributed by atoms with Gasteiger partial charge < -0.3 is 19.5 Å². The molecule has 3 aromatic carbocycles. The lowest BCUT2D eigenvalue weighted by molar-refractivity contribution is -0.112. The molecule has 0 radical (unpaired) electrons. The molecular weight excluding hydrogens is 634 g/mol. The van der Waals surface area contributed by atoms with Crippen LogP contribution in [0.2, 0.25) is 0 Å². The molecule has 0 atom stereocenters. The summed E-state index contributed by atoms with van der Waals surface area (Å²) >= 11 is 8.03. The van der Waals surface area contributed by atoms with Crippen molar-refractivity contribution in [3.8, 4) is 17.2 Å². The Hall–Kier alpha value is -2.47. The SMILES string of the molecule is COc1cc(OC)c(/C=C2\Sc3cc(S(=O)(=O)Cc4c(Br)cccc4Br)ccc3NC2=O)c(OC)c1. The molecule has 1 aliphatic heterocycles. The molecule has 4 rings (SSSR count). The Morgan fingerprint density at radius 1 is 0.944 bits per heavy atom. The van der Waals surface area contributed by atoms with E-state index in [-0.39, 0.29) is 16.6 Å². The average molecular weight is 655 g/mol. The molecule has 7 nitrogen and oxygen atoms in total. The van der Waals surface area contributed by atoms with E-state index in [1.54, 1.807) is 42.5 Å². The number of carbonyl (C=O) groups excluding carboxylic acids is 1. The van der Waals surface area contributed by atoms with E-state index in [9.17, 15) is 13.2 Å². The lowest BCUT2D eigenvalue weighted by atomic mass is 10.1. The van der Waals surface area contributed by atoms with Gasteiger partial charge in [-0.1, -0.05) is 49.7 Å². The fourth-order valence-corrected chi connectivity index (χ4v) is 7.70. The van der Waals surface area contributed by atoms with Crippen molar-refractivity contribution in [1.29, 1.82) is 0 Å². The van der Waals surface area contributed by atoms with Gasteiger partial charge in [0.05, 0.1) is 48.1 Å². The van der Waals surface area contributed by atoms with E-state index < -0.39 is 9.84 Å². The zero-order valence-electron chi connectivity index (χ0n) is 19.4. The van der Waals surface area contributed by atoms with Gasteiger partial charge >= 0.3 is 0 Å². The minimum absolute atomic E-state index is 0.159. The molecule has 0 aliphatic carbocycles.